The van der Waals surface area contributed by atoms with Crippen LogP contribution in [0.2, 0.25) is 0 Å². The van der Waals surface area contributed by atoms with E-state index in [1.165, 1.54) is 4.90 Å². The van der Waals surface area contributed by atoms with Crippen LogP contribution in [0.5, 0.6) is 0 Å². The van der Waals surface area contributed by atoms with Gasteiger partial charge in [-0.3, -0.25) is 0 Å². The van der Waals surface area contributed by atoms with E-state index in [0.717, 1.165) is 22.1 Å². The lowest BCUT2D eigenvalue weighted by Gasteiger charge is -2.21. The Morgan fingerprint density at radius 2 is 1.59 bits per heavy atom. The molecule has 0 fully saturated rings. The highest BCUT2D eigenvalue weighted by Gasteiger charge is 2.25. The molecule has 0 radical (unpaired) electrons. The first-order chi connectivity index (χ1) is 8.27. The van der Waals surface area contributed by atoms with Crippen molar-refractivity contribution in [2.45, 2.75) is 4.90 Å². The van der Waals surface area contributed by atoms with Gasteiger partial charge in [-0.2, -0.15) is 0 Å². The standard InChI is InChI=1S/C14H12N2S/c1-10-16(12-7-3-2-6-11(12)15)13-8-4-5-9-14(13)17-10/h2-9H,1,15H2. The Labute approximate surface area is 105 Å². The van der Waals surface area contributed by atoms with E-state index in [0.29, 0.717) is 0 Å². The Hall–Kier alpha value is -1.87. The van der Waals surface area contributed by atoms with E-state index in [4.69, 9.17) is 5.73 Å². The second-order valence-electron chi connectivity index (χ2n) is 3.86. The third-order valence-electron chi connectivity index (χ3n) is 2.76. The van der Waals surface area contributed by atoms with Crippen molar-refractivity contribution in [3.63, 3.8) is 0 Å². The van der Waals surface area contributed by atoms with Gasteiger partial charge in [0.2, 0.25) is 0 Å². The summed E-state index contributed by atoms with van der Waals surface area (Å²) in [6.07, 6.45) is 0. The first-order valence-electron chi connectivity index (χ1n) is 5.38. The van der Waals surface area contributed by atoms with E-state index in [9.17, 15) is 0 Å². The summed E-state index contributed by atoms with van der Waals surface area (Å²) in [5.74, 6) is 0. The number of nitrogen functional groups attached to an aromatic ring is 1. The van der Waals surface area contributed by atoms with Crippen molar-refractivity contribution in [2.75, 3.05) is 10.6 Å². The fourth-order valence-corrected chi connectivity index (χ4v) is 2.94. The summed E-state index contributed by atoms with van der Waals surface area (Å²) >= 11 is 1.68. The SMILES string of the molecule is C=C1Sc2ccccc2N1c1ccccc1N. The Kier molecular flexibility index (Phi) is 2.34. The molecule has 0 spiro atoms. The first kappa shape index (κ1) is 10.3. The Bertz CT molecular complexity index is 592. The lowest BCUT2D eigenvalue weighted by molar-refractivity contribution is 1.25. The van der Waals surface area contributed by atoms with Gasteiger partial charge in [-0.05, 0) is 24.3 Å². The molecule has 0 saturated carbocycles. The number of hydrogen-bond acceptors (Lipinski definition) is 3. The Balaban J connectivity index is 2.16. The van der Waals surface area contributed by atoms with Crippen molar-refractivity contribution in [3.05, 3.63) is 60.1 Å². The van der Waals surface area contributed by atoms with Crippen LogP contribution in [0.4, 0.5) is 17.1 Å². The minimum atomic E-state index is 0.769. The van der Waals surface area contributed by atoms with E-state index in [1.54, 1.807) is 11.8 Å². The van der Waals surface area contributed by atoms with Crippen molar-refractivity contribution in [3.8, 4) is 0 Å². The van der Waals surface area contributed by atoms with Gasteiger partial charge in [-0.1, -0.05) is 42.6 Å². The van der Waals surface area contributed by atoms with Gasteiger partial charge < -0.3 is 10.6 Å². The van der Waals surface area contributed by atoms with Crippen molar-refractivity contribution in [1.29, 1.82) is 0 Å². The molecule has 0 saturated heterocycles. The average molecular weight is 240 g/mol. The minimum Gasteiger partial charge on any atom is -0.397 e. The summed E-state index contributed by atoms with van der Waals surface area (Å²) in [5.41, 5.74) is 8.95. The topological polar surface area (TPSA) is 29.3 Å². The zero-order valence-electron chi connectivity index (χ0n) is 9.26. The van der Waals surface area contributed by atoms with E-state index in [2.05, 4.69) is 23.6 Å². The molecule has 3 heteroatoms. The van der Waals surface area contributed by atoms with Gasteiger partial charge in [0.25, 0.3) is 0 Å². The third kappa shape index (κ3) is 1.59. The van der Waals surface area contributed by atoms with Crippen LogP contribution in [0.1, 0.15) is 0 Å². The summed E-state index contributed by atoms with van der Waals surface area (Å²) < 4.78 is 0. The van der Waals surface area contributed by atoms with Gasteiger partial charge >= 0.3 is 0 Å². The van der Waals surface area contributed by atoms with Crippen LogP contribution < -0.4 is 10.6 Å². The van der Waals surface area contributed by atoms with Gasteiger partial charge in [-0.15, -0.1) is 0 Å². The molecule has 1 heterocycles. The predicted molar refractivity (Wildman–Crippen MR) is 74.4 cm³/mol. The van der Waals surface area contributed by atoms with Crippen molar-refractivity contribution >= 4 is 28.8 Å². The molecule has 1 aliphatic rings. The zero-order chi connectivity index (χ0) is 11.8. The van der Waals surface area contributed by atoms with Gasteiger partial charge in [0.05, 0.1) is 22.1 Å². The zero-order valence-corrected chi connectivity index (χ0v) is 10.1. The van der Waals surface area contributed by atoms with Crippen molar-refractivity contribution in [1.82, 2.24) is 0 Å². The van der Waals surface area contributed by atoms with Crippen LogP contribution in [0.15, 0.2) is 65.0 Å². The summed E-state index contributed by atoms with van der Waals surface area (Å²) in [4.78, 5) is 3.33. The first-order valence-corrected chi connectivity index (χ1v) is 6.19. The van der Waals surface area contributed by atoms with Crippen LogP contribution in [-0.2, 0) is 0 Å². The van der Waals surface area contributed by atoms with Crippen LogP contribution in [0.25, 0.3) is 0 Å². The molecular weight excluding hydrogens is 228 g/mol. The summed E-state index contributed by atoms with van der Waals surface area (Å²) in [6.45, 7) is 4.10. The normalized spacial score (nSPS) is 13.9. The molecule has 0 bridgehead atoms. The largest absolute Gasteiger partial charge is 0.397 e. The van der Waals surface area contributed by atoms with E-state index < -0.39 is 0 Å². The maximum Gasteiger partial charge on any atom is 0.0775 e. The van der Waals surface area contributed by atoms with Crippen LogP contribution in [-0.4, -0.2) is 0 Å². The summed E-state index contributed by atoms with van der Waals surface area (Å²) in [7, 11) is 0. The molecule has 0 aromatic heterocycles. The minimum absolute atomic E-state index is 0.769. The molecule has 3 rings (SSSR count). The molecule has 2 nitrogen and oxygen atoms in total. The number of anilines is 3. The highest BCUT2D eigenvalue weighted by Crippen LogP contribution is 2.49. The van der Waals surface area contributed by atoms with E-state index >= 15 is 0 Å². The Morgan fingerprint density at radius 1 is 0.941 bits per heavy atom. The lowest BCUT2D eigenvalue weighted by Crippen LogP contribution is -2.11. The summed E-state index contributed by atoms with van der Waals surface area (Å²) in [6, 6.07) is 16.1. The number of rotatable bonds is 1. The molecule has 2 N–H and O–H groups in total. The molecule has 1 aliphatic heterocycles. The molecule has 0 atom stereocenters. The second kappa shape index (κ2) is 3.86. The maximum absolute atomic E-state index is 6.03. The number of nitrogens with zero attached hydrogens (tertiary/aromatic N) is 1. The number of fused-ring (bicyclic) bond motifs is 1. The number of para-hydroxylation sites is 3. The number of hydrogen-bond donors (Lipinski definition) is 1. The number of nitrogens with two attached hydrogens (primary N) is 1. The number of thioether (sulfide) groups is 1. The molecular formula is C14H12N2S. The van der Waals surface area contributed by atoms with Crippen LogP contribution in [0.3, 0.4) is 0 Å². The third-order valence-corrected chi connectivity index (χ3v) is 3.74. The maximum atomic E-state index is 6.03. The van der Waals surface area contributed by atoms with Crippen LogP contribution in [0, 0.1) is 0 Å². The van der Waals surface area contributed by atoms with Gasteiger partial charge in [0.1, 0.15) is 0 Å². The fourth-order valence-electron chi connectivity index (χ4n) is 1.99. The lowest BCUT2D eigenvalue weighted by atomic mass is 10.2. The number of benzene rings is 2. The monoisotopic (exact) mass is 240 g/mol. The smallest absolute Gasteiger partial charge is 0.0775 e. The fraction of sp³-hybridized carbons (Fsp3) is 0. The molecule has 0 aliphatic carbocycles. The molecule has 0 unspecified atom stereocenters. The van der Waals surface area contributed by atoms with Gasteiger partial charge in [0, 0.05) is 4.90 Å². The predicted octanol–water partition coefficient (Wildman–Crippen LogP) is 3.98. The molecule has 84 valence electrons. The molecule has 2 aromatic rings. The Morgan fingerprint density at radius 3 is 2.35 bits per heavy atom. The molecule has 0 amide bonds. The van der Waals surface area contributed by atoms with E-state index in [1.807, 2.05) is 36.4 Å². The average Bonchev–Trinajstić information content (AvgIpc) is 2.66. The van der Waals surface area contributed by atoms with Crippen molar-refractivity contribution in [2.24, 2.45) is 0 Å². The van der Waals surface area contributed by atoms with Gasteiger partial charge in [0.15, 0.2) is 0 Å². The van der Waals surface area contributed by atoms with Crippen molar-refractivity contribution < 1.29 is 0 Å². The van der Waals surface area contributed by atoms with E-state index in [-0.39, 0.29) is 0 Å². The highest BCUT2D eigenvalue weighted by molar-refractivity contribution is 8.03. The molecule has 2 aromatic carbocycles. The second-order valence-corrected chi connectivity index (χ2v) is 4.97. The summed E-state index contributed by atoms with van der Waals surface area (Å²) in [5, 5.41) is 0.990. The quantitative estimate of drug-likeness (QED) is 0.764. The highest BCUT2D eigenvalue weighted by atomic mass is 32.2. The molecule has 17 heavy (non-hydrogen) atoms. The van der Waals surface area contributed by atoms with Gasteiger partial charge in [-0.25, -0.2) is 0 Å². The van der Waals surface area contributed by atoms with Crippen LogP contribution >= 0.6 is 11.8 Å².